The van der Waals surface area contributed by atoms with Crippen LogP contribution in [-0.4, -0.2) is 84.3 Å². The van der Waals surface area contributed by atoms with Crippen LogP contribution in [0.5, 0.6) is 11.6 Å². The number of methoxy groups -OCH3 is 2. The first kappa shape index (κ1) is 39.2. The highest BCUT2D eigenvalue weighted by molar-refractivity contribution is 7.92. The highest BCUT2D eigenvalue weighted by atomic mass is 35.5. The van der Waals surface area contributed by atoms with Crippen molar-refractivity contribution >= 4 is 39.0 Å². The van der Waals surface area contributed by atoms with Gasteiger partial charge in [0, 0.05) is 55.4 Å². The zero-order chi connectivity index (χ0) is 39.1. The van der Waals surface area contributed by atoms with Crippen molar-refractivity contribution in [3.8, 4) is 11.6 Å². The van der Waals surface area contributed by atoms with E-state index in [9.17, 15) is 22.6 Å². The van der Waals surface area contributed by atoms with Gasteiger partial charge in [-0.3, -0.25) is 19.0 Å². The van der Waals surface area contributed by atoms with Crippen molar-refractivity contribution in [1.29, 1.82) is 0 Å². The Morgan fingerprint density at radius 2 is 1.95 bits per heavy atom. The molecule has 2 bridgehead atoms. The molecule has 3 heterocycles. The smallest absolute Gasteiger partial charge is 0.345 e. The van der Waals surface area contributed by atoms with Crippen LogP contribution in [0.15, 0.2) is 59.1 Å². The van der Waals surface area contributed by atoms with Gasteiger partial charge in [0.05, 0.1) is 37.4 Å². The van der Waals surface area contributed by atoms with E-state index in [0.717, 1.165) is 32.1 Å². The molecule has 7 rings (SSSR count). The molecule has 0 saturated heterocycles. The van der Waals surface area contributed by atoms with Crippen molar-refractivity contribution in [2.24, 2.45) is 29.2 Å². The van der Waals surface area contributed by atoms with Crippen LogP contribution in [0, 0.1) is 17.8 Å². The number of benzene rings is 2. The number of halogens is 3. The van der Waals surface area contributed by atoms with E-state index < -0.39 is 52.2 Å². The Balaban J connectivity index is 1.34. The van der Waals surface area contributed by atoms with E-state index >= 15 is 0 Å². The number of aromatic nitrogens is 2. The molecule has 296 valence electrons. The molecule has 16 heteroatoms. The van der Waals surface area contributed by atoms with Gasteiger partial charge < -0.3 is 23.8 Å². The molecule has 4 aliphatic rings. The number of hydrogen-bond donors (Lipinski definition) is 1. The average molecular weight is 802 g/mol. The van der Waals surface area contributed by atoms with Crippen LogP contribution in [0.4, 0.5) is 14.5 Å². The Kier molecular flexibility index (Phi) is 11.3. The first-order chi connectivity index (χ1) is 26.3. The van der Waals surface area contributed by atoms with Crippen LogP contribution in [0.1, 0.15) is 64.4 Å². The summed E-state index contributed by atoms with van der Waals surface area (Å²) in [6, 6.07) is 11.1. The van der Waals surface area contributed by atoms with E-state index in [1.807, 2.05) is 12.1 Å². The zero-order valence-corrected chi connectivity index (χ0v) is 32.8. The fraction of sp³-hybridized carbons (Fsp3) is 0.513. The van der Waals surface area contributed by atoms with E-state index in [2.05, 4.69) is 25.1 Å². The summed E-state index contributed by atoms with van der Waals surface area (Å²) in [5.74, 6) is -2.32. The second-order valence-corrected chi connectivity index (χ2v) is 17.5. The first-order valence-corrected chi connectivity index (χ1v) is 20.5. The summed E-state index contributed by atoms with van der Waals surface area (Å²) in [7, 11) is 0.512. The molecule has 1 N–H and O–H groups in total. The van der Waals surface area contributed by atoms with Crippen LogP contribution in [0.2, 0.25) is 5.02 Å². The molecule has 2 aromatic carbocycles. The molecule has 7 atom stereocenters. The average Bonchev–Trinajstić information content (AvgIpc) is 3.45. The molecular formula is C39H46ClF2N5O7S. The second kappa shape index (κ2) is 15.8. The van der Waals surface area contributed by atoms with Gasteiger partial charge in [-0.25, -0.2) is 4.21 Å². The van der Waals surface area contributed by atoms with Crippen molar-refractivity contribution in [3.63, 3.8) is 0 Å². The van der Waals surface area contributed by atoms with Crippen molar-refractivity contribution in [1.82, 2.24) is 14.5 Å². The Bertz CT molecular complexity index is 2110. The van der Waals surface area contributed by atoms with Gasteiger partial charge in [-0.2, -0.15) is 8.78 Å². The molecule has 55 heavy (non-hydrogen) atoms. The van der Waals surface area contributed by atoms with E-state index in [0.29, 0.717) is 36.2 Å². The van der Waals surface area contributed by atoms with Crippen molar-refractivity contribution in [2.45, 2.75) is 63.3 Å². The molecule has 2 aliphatic carbocycles. The minimum atomic E-state index is -3.99. The Labute approximate surface area is 324 Å². The maximum atomic E-state index is 14.8. The number of amides is 2. The summed E-state index contributed by atoms with van der Waals surface area (Å²) >= 11 is 6.44. The van der Waals surface area contributed by atoms with Gasteiger partial charge in [0.15, 0.2) is 0 Å². The fourth-order valence-electron chi connectivity index (χ4n) is 8.60. The van der Waals surface area contributed by atoms with E-state index in [4.69, 9.17) is 30.5 Å². The molecule has 1 aromatic heterocycles. The Morgan fingerprint density at radius 3 is 2.67 bits per heavy atom. The van der Waals surface area contributed by atoms with E-state index in [1.54, 1.807) is 45.4 Å². The molecule has 3 aromatic rings. The minimum absolute atomic E-state index is 0.0374. The number of anilines is 1. The van der Waals surface area contributed by atoms with Crippen LogP contribution in [0.25, 0.3) is 0 Å². The lowest BCUT2D eigenvalue weighted by Gasteiger charge is -2.46. The normalized spacial score (nSPS) is 29.9. The molecule has 2 aliphatic heterocycles. The summed E-state index contributed by atoms with van der Waals surface area (Å²) in [6.07, 6.45) is 7.47. The summed E-state index contributed by atoms with van der Waals surface area (Å²) in [5.41, 5.74) is 2.80. The third-order valence-corrected chi connectivity index (χ3v) is 13.6. The maximum absolute atomic E-state index is 14.8. The topological polar surface area (TPSA) is 134 Å². The Morgan fingerprint density at radius 1 is 1.15 bits per heavy atom. The molecule has 2 amide bonds. The first-order valence-electron chi connectivity index (χ1n) is 18.4. The Hall–Kier alpha value is -4.05. The lowest BCUT2D eigenvalue weighted by atomic mass is 9.68. The van der Waals surface area contributed by atoms with Gasteiger partial charge in [0.1, 0.15) is 21.2 Å². The number of carbonyl (C=O) groups excluding carboxylic acids is 2. The minimum Gasteiger partial charge on any atom is -0.490 e. The highest BCUT2D eigenvalue weighted by Gasteiger charge is 2.44. The monoisotopic (exact) mass is 801 g/mol. The van der Waals surface area contributed by atoms with Crippen LogP contribution in [0.3, 0.4) is 0 Å². The van der Waals surface area contributed by atoms with Gasteiger partial charge in [0.2, 0.25) is 5.88 Å². The molecule has 1 saturated carbocycles. The summed E-state index contributed by atoms with van der Waals surface area (Å²) < 4.78 is 73.2. The molecule has 12 nitrogen and oxygen atoms in total. The van der Waals surface area contributed by atoms with Crippen molar-refractivity contribution in [3.05, 3.63) is 82.0 Å². The number of nitrogens with one attached hydrogen (secondary N) is 1. The number of rotatable bonds is 6. The largest absolute Gasteiger partial charge is 0.490 e. The predicted octanol–water partition coefficient (Wildman–Crippen LogP) is 6.36. The van der Waals surface area contributed by atoms with Crippen LogP contribution in [-0.2, 0) is 38.3 Å². The number of hydrogen-bond acceptors (Lipinski definition) is 9. The molecule has 0 radical (unpaired) electrons. The van der Waals surface area contributed by atoms with Gasteiger partial charge >= 0.3 is 6.61 Å². The van der Waals surface area contributed by atoms with E-state index in [1.165, 1.54) is 35.2 Å². The number of aryl methyl sites for hydroxylation is 2. The molecule has 1 fully saturated rings. The quantitative estimate of drug-likeness (QED) is 0.283. The second-order valence-electron chi connectivity index (χ2n) is 15.1. The highest BCUT2D eigenvalue weighted by Crippen LogP contribution is 2.47. The maximum Gasteiger partial charge on any atom is 0.345 e. The molecular weight excluding hydrogens is 756 g/mol. The van der Waals surface area contributed by atoms with Gasteiger partial charge in [-0.15, -0.1) is 9.46 Å². The van der Waals surface area contributed by atoms with Crippen LogP contribution >= 0.6 is 11.6 Å². The SMILES string of the molecule is COc1nn(C)cc1C(=O)NS1(=O)=NC(=O)c2ccc3c(c2)N(C[C@@H]2CC[C@H]2[C@@H](OC)/C=C\[C@H](OC(F)F)[C@H](C)C1)C[C@@]1(CCCc2cc(Cl)ccc21)CO3. The van der Waals surface area contributed by atoms with Gasteiger partial charge in [-0.1, -0.05) is 36.7 Å². The van der Waals surface area contributed by atoms with Crippen molar-refractivity contribution in [2.75, 3.05) is 44.6 Å². The number of ether oxygens (including phenoxy) is 4. The lowest BCUT2D eigenvalue weighted by Crippen LogP contribution is -2.49. The summed E-state index contributed by atoms with van der Waals surface area (Å²) in [5, 5.41) is 4.77. The van der Waals surface area contributed by atoms with Crippen molar-refractivity contribution < 1.29 is 41.5 Å². The number of nitrogens with zero attached hydrogens (tertiary/aromatic N) is 4. The lowest BCUT2D eigenvalue weighted by molar-refractivity contribution is -0.159. The molecule has 1 unspecified atom stereocenters. The number of alkyl halides is 2. The van der Waals surface area contributed by atoms with Gasteiger partial charge in [0.25, 0.3) is 11.8 Å². The zero-order valence-electron chi connectivity index (χ0n) is 31.2. The van der Waals surface area contributed by atoms with Crippen LogP contribution < -0.4 is 19.1 Å². The number of fused-ring (bicyclic) bond motifs is 4. The summed E-state index contributed by atoms with van der Waals surface area (Å²) in [4.78, 5) is 30.0. The third kappa shape index (κ3) is 8.12. The summed E-state index contributed by atoms with van der Waals surface area (Å²) in [6.45, 7) is 0.0274. The third-order valence-electron chi connectivity index (χ3n) is 11.4. The molecule has 1 spiro atoms. The fourth-order valence-corrected chi connectivity index (χ4v) is 10.7. The standard InChI is InChI=1S/C39H46ClF2N5O7S/c1-23-20-55(50,45-36(49)29-19-46(2)43-37(29)52-4)44-35(48)25-8-12-34-31(17-25)47(18-26-7-10-28(26)33(51-3)14-13-32(23)54-38(41)42)21-39(22-53-34)15-5-6-24-16-27(40)9-11-30(24)39/h8-9,11-14,16-17,19,23,26,28,32-33,38H,5-7,10,15,18,20-22H2,1-4H3,(H,44,45,48,49,50)/b14-13-/t23-,26+,28-,32+,33+,39+,55?/m1/s1. The number of carbonyl (C=O) groups is 2. The van der Waals surface area contributed by atoms with Gasteiger partial charge in [-0.05, 0) is 85.4 Å². The van der Waals surface area contributed by atoms with E-state index in [-0.39, 0.29) is 34.3 Å². The predicted molar refractivity (Wildman–Crippen MR) is 203 cm³/mol.